The van der Waals surface area contributed by atoms with E-state index in [9.17, 15) is 18.0 Å². The van der Waals surface area contributed by atoms with Gasteiger partial charge in [-0.1, -0.05) is 30.3 Å². The molecule has 4 aromatic rings. The molecule has 2 aromatic heterocycles. The number of benzene rings is 2. The number of rotatable bonds is 3. The van der Waals surface area contributed by atoms with Crippen LogP contribution in [-0.2, 0) is 11.9 Å². The van der Waals surface area contributed by atoms with Crippen LogP contribution in [0.4, 0.5) is 13.2 Å². The molecule has 0 unspecified atom stereocenters. The maximum Gasteiger partial charge on any atom is 0.417 e. The standard InChI is InChI=1S/C20H12F3NO2S/c21-20(22,23)14-6-8-17(24-10-14)27-11-13-9-18(25)26-16-7-5-12-3-1-2-4-15(12)19(13)16/h1-10H,11H2. The van der Waals surface area contributed by atoms with Gasteiger partial charge in [-0.05, 0) is 34.5 Å². The van der Waals surface area contributed by atoms with Crippen molar-refractivity contribution in [3.8, 4) is 0 Å². The molecule has 0 radical (unpaired) electrons. The van der Waals surface area contributed by atoms with Crippen LogP contribution < -0.4 is 5.63 Å². The number of hydrogen-bond donors (Lipinski definition) is 0. The van der Waals surface area contributed by atoms with Crippen LogP contribution in [0.5, 0.6) is 0 Å². The molecule has 2 aromatic carbocycles. The SMILES string of the molecule is O=c1cc(CSc2ccc(C(F)(F)F)cn2)c2c(ccc3ccccc32)o1. The van der Waals surface area contributed by atoms with Gasteiger partial charge in [0.2, 0.25) is 0 Å². The van der Waals surface area contributed by atoms with Crippen LogP contribution in [0.1, 0.15) is 11.1 Å². The molecule has 3 nitrogen and oxygen atoms in total. The Morgan fingerprint density at radius 2 is 1.85 bits per heavy atom. The highest BCUT2D eigenvalue weighted by Gasteiger charge is 2.30. The van der Waals surface area contributed by atoms with E-state index in [2.05, 4.69) is 4.98 Å². The molecule has 7 heteroatoms. The molecule has 0 aliphatic carbocycles. The van der Waals surface area contributed by atoms with Crippen LogP contribution in [0, 0.1) is 0 Å². The average Bonchev–Trinajstić information content (AvgIpc) is 2.65. The summed E-state index contributed by atoms with van der Waals surface area (Å²) in [7, 11) is 0. The number of halogens is 3. The predicted molar refractivity (Wildman–Crippen MR) is 98.8 cm³/mol. The molecule has 0 fully saturated rings. The summed E-state index contributed by atoms with van der Waals surface area (Å²) in [6.07, 6.45) is -3.60. The van der Waals surface area contributed by atoms with Crippen molar-refractivity contribution in [3.05, 3.63) is 82.3 Å². The van der Waals surface area contributed by atoms with Gasteiger partial charge >= 0.3 is 11.8 Å². The van der Waals surface area contributed by atoms with Crippen LogP contribution in [0.25, 0.3) is 21.7 Å². The number of pyridine rings is 1. The molecule has 0 N–H and O–H groups in total. The van der Waals surface area contributed by atoms with Crippen molar-refractivity contribution < 1.29 is 17.6 Å². The Balaban J connectivity index is 1.71. The van der Waals surface area contributed by atoms with Gasteiger partial charge in [-0.3, -0.25) is 0 Å². The predicted octanol–water partition coefficient (Wildman–Crippen LogP) is 5.65. The van der Waals surface area contributed by atoms with E-state index < -0.39 is 17.4 Å². The van der Waals surface area contributed by atoms with Gasteiger partial charge in [0.15, 0.2) is 0 Å². The number of aromatic nitrogens is 1. The molecule has 2 heterocycles. The summed E-state index contributed by atoms with van der Waals surface area (Å²) in [5.74, 6) is 0.383. The van der Waals surface area contributed by atoms with Crippen molar-refractivity contribution in [1.82, 2.24) is 4.98 Å². The molecule has 4 rings (SSSR count). The van der Waals surface area contributed by atoms with E-state index >= 15 is 0 Å². The third kappa shape index (κ3) is 3.55. The third-order valence-electron chi connectivity index (χ3n) is 4.15. The topological polar surface area (TPSA) is 43.1 Å². The highest BCUT2D eigenvalue weighted by Crippen LogP contribution is 2.32. The van der Waals surface area contributed by atoms with Gasteiger partial charge in [0.1, 0.15) is 5.58 Å². The van der Waals surface area contributed by atoms with Gasteiger partial charge in [0.05, 0.1) is 10.6 Å². The molecular formula is C20H12F3NO2S. The highest BCUT2D eigenvalue weighted by atomic mass is 32.2. The smallest absolute Gasteiger partial charge is 0.417 e. The quantitative estimate of drug-likeness (QED) is 0.259. The van der Waals surface area contributed by atoms with Crippen molar-refractivity contribution in [2.45, 2.75) is 17.0 Å². The number of alkyl halides is 3. The van der Waals surface area contributed by atoms with Gasteiger partial charge in [0.25, 0.3) is 0 Å². The van der Waals surface area contributed by atoms with Crippen molar-refractivity contribution in [3.63, 3.8) is 0 Å². The highest BCUT2D eigenvalue weighted by molar-refractivity contribution is 7.98. The van der Waals surface area contributed by atoms with Gasteiger partial charge in [0, 0.05) is 23.4 Å². The third-order valence-corrected chi connectivity index (χ3v) is 5.15. The lowest BCUT2D eigenvalue weighted by Gasteiger charge is -2.09. The maximum atomic E-state index is 12.6. The van der Waals surface area contributed by atoms with Crippen molar-refractivity contribution in [2.24, 2.45) is 0 Å². The zero-order valence-corrected chi connectivity index (χ0v) is 14.6. The summed E-state index contributed by atoms with van der Waals surface area (Å²) < 4.78 is 43.2. The van der Waals surface area contributed by atoms with Crippen LogP contribution in [-0.4, -0.2) is 4.98 Å². The van der Waals surface area contributed by atoms with E-state index in [-0.39, 0.29) is 0 Å². The summed E-state index contributed by atoms with van der Waals surface area (Å²) in [4.78, 5) is 15.8. The Bertz CT molecular complexity index is 1180. The minimum atomic E-state index is -4.41. The molecule has 136 valence electrons. The fourth-order valence-corrected chi connectivity index (χ4v) is 3.74. The molecule has 0 amide bonds. The zero-order valence-electron chi connectivity index (χ0n) is 13.8. The summed E-state index contributed by atoms with van der Waals surface area (Å²) in [5, 5.41) is 3.24. The minimum Gasteiger partial charge on any atom is -0.423 e. The molecule has 0 spiro atoms. The summed E-state index contributed by atoms with van der Waals surface area (Å²) in [6.45, 7) is 0. The molecule has 0 bridgehead atoms. The van der Waals surface area contributed by atoms with Gasteiger partial charge in [-0.15, -0.1) is 11.8 Å². The second kappa shape index (κ2) is 6.74. The van der Waals surface area contributed by atoms with Crippen LogP contribution in [0.2, 0.25) is 0 Å². The van der Waals surface area contributed by atoms with E-state index in [0.717, 1.165) is 34.0 Å². The van der Waals surface area contributed by atoms with E-state index in [0.29, 0.717) is 16.4 Å². The van der Waals surface area contributed by atoms with Gasteiger partial charge in [-0.2, -0.15) is 13.2 Å². The van der Waals surface area contributed by atoms with Crippen LogP contribution in [0.3, 0.4) is 0 Å². The van der Waals surface area contributed by atoms with Crippen LogP contribution in [0.15, 0.2) is 75.0 Å². The average molecular weight is 387 g/mol. The van der Waals surface area contributed by atoms with E-state index in [4.69, 9.17) is 4.42 Å². The lowest BCUT2D eigenvalue weighted by Crippen LogP contribution is -2.05. The molecule has 27 heavy (non-hydrogen) atoms. The zero-order chi connectivity index (χ0) is 19.0. The molecular weight excluding hydrogens is 375 g/mol. The van der Waals surface area contributed by atoms with E-state index in [1.165, 1.54) is 23.9 Å². The molecule has 0 atom stereocenters. The molecule has 0 saturated carbocycles. The van der Waals surface area contributed by atoms with Crippen molar-refractivity contribution in [2.75, 3.05) is 0 Å². The number of thioether (sulfide) groups is 1. The first-order valence-electron chi connectivity index (χ1n) is 8.02. The molecule has 0 saturated heterocycles. The lowest BCUT2D eigenvalue weighted by molar-refractivity contribution is -0.137. The summed E-state index contributed by atoms with van der Waals surface area (Å²) >= 11 is 1.27. The monoisotopic (exact) mass is 387 g/mol. The first kappa shape index (κ1) is 17.6. The first-order valence-corrected chi connectivity index (χ1v) is 9.01. The summed E-state index contributed by atoms with van der Waals surface area (Å²) in [5.41, 5.74) is -0.0145. The second-order valence-electron chi connectivity index (χ2n) is 5.92. The Kier molecular flexibility index (Phi) is 4.39. The Morgan fingerprint density at radius 1 is 1.04 bits per heavy atom. The Hall–Kier alpha value is -2.80. The minimum absolute atomic E-state index is 0.383. The summed E-state index contributed by atoms with van der Waals surface area (Å²) in [6, 6.07) is 15.1. The largest absolute Gasteiger partial charge is 0.423 e. The van der Waals surface area contributed by atoms with Crippen molar-refractivity contribution >= 4 is 33.5 Å². The Labute approximate surface area is 155 Å². The van der Waals surface area contributed by atoms with Crippen molar-refractivity contribution in [1.29, 1.82) is 0 Å². The lowest BCUT2D eigenvalue weighted by atomic mass is 10.0. The second-order valence-corrected chi connectivity index (χ2v) is 6.92. The molecule has 0 aliphatic heterocycles. The fourth-order valence-electron chi connectivity index (χ4n) is 2.92. The Morgan fingerprint density at radius 3 is 2.59 bits per heavy atom. The maximum absolute atomic E-state index is 12.6. The number of nitrogens with zero attached hydrogens (tertiary/aromatic N) is 1. The fraction of sp³-hybridized carbons (Fsp3) is 0.100. The number of hydrogen-bond acceptors (Lipinski definition) is 4. The number of fused-ring (bicyclic) bond motifs is 3. The normalized spacial score (nSPS) is 12.0. The van der Waals surface area contributed by atoms with E-state index in [1.54, 1.807) is 6.07 Å². The van der Waals surface area contributed by atoms with Gasteiger partial charge in [-0.25, -0.2) is 9.78 Å². The molecule has 0 aliphatic rings. The van der Waals surface area contributed by atoms with Crippen LogP contribution >= 0.6 is 11.8 Å². The van der Waals surface area contributed by atoms with Gasteiger partial charge < -0.3 is 4.42 Å². The first-order chi connectivity index (χ1) is 12.9. The van der Waals surface area contributed by atoms with E-state index in [1.807, 2.05) is 30.3 Å².